The Balaban J connectivity index is 1.27. The quantitative estimate of drug-likeness (QED) is 0.620. The van der Waals surface area contributed by atoms with Crippen molar-refractivity contribution in [1.29, 1.82) is 0 Å². The van der Waals surface area contributed by atoms with E-state index in [1.54, 1.807) is 0 Å². The van der Waals surface area contributed by atoms with E-state index in [0.717, 1.165) is 18.4 Å². The predicted molar refractivity (Wildman–Crippen MR) is 123 cm³/mol. The van der Waals surface area contributed by atoms with Gasteiger partial charge in [0.2, 0.25) is 0 Å². The van der Waals surface area contributed by atoms with Crippen molar-refractivity contribution in [2.45, 2.75) is 75.8 Å². The Morgan fingerprint density at radius 1 is 0.690 bits per heavy atom. The third-order valence-corrected chi connectivity index (χ3v) is 7.42. The molecule has 2 aromatic carbocycles. The highest BCUT2D eigenvalue weighted by atomic mass is 14.9. The maximum Gasteiger partial charge on any atom is 0.0214 e. The highest BCUT2D eigenvalue weighted by molar-refractivity contribution is 5.32. The molecule has 0 unspecified atom stereocenters. The molecule has 2 saturated carbocycles. The Hall–Kier alpha value is -1.64. The maximum atomic E-state index is 6.08. The molecule has 0 atom stereocenters. The van der Waals surface area contributed by atoms with Crippen molar-refractivity contribution in [2.75, 3.05) is 6.54 Å². The van der Waals surface area contributed by atoms with Gasteiger partial charge >= 0.3 is 0 Å². The van der Waals surface area contributed by atoms with Crippen LogP contribution >= 0.6 is 0 Å². The zero-order chi connectivity index (χ0) is 19.9. The standard InChI is InChI=1S/C27H38N2/c28-25-15-11-21(12-16-25)19-22-13-17-26(18-14-22)29-20-27(23-7-3-1-4-8-23)24-9-5-2-6-10-24/h1-10,21-22,25-27,29H,11-20,28H2. The second kappa shape index (κ2) is 10.4. The van der Waals surface area contributed by atoms with Crippen LogP contribution in [0, 0.1) is 11.8 Å². The van der Waals surface area contributed by atoms with E-state index in [0.29, 0.717) is 18.0 Å². The number of nitrogens with two attached hydrogens (primary N) is 1. The van der Waals surface area contributed by atoms with Crippen molar-refractivity contribution in [3.63, 3.8) is 0 Å². The Morgan fingerprint density at radius 2 is 1.17 bits per heavy atom. The van der Waals surface area contributed by atoms with Gasteiger partial charge in [0.05, 0.1) is 0 Å². The number of rotatable bonds is 7. The fourth-order valence-corrected chi connectivity index (χ4v) is 5.58. The van der Waals surface area contributed by atoms with Crippen LogP contribution in [0.3, 0.4) is 0 Å². The van der Waals surface area contributed by atoms with E-state index >= 15 is 0 Å². The highest BCUT2D eigenvalue weighted by Crippen LogP contribution is 2.35. The molecule has 3 N–H and O–H groups in total. The molecule has 0 heterocycles. The number of nitrogens with one attached hydrogen (secondary N) is 1. The molecule has 2 aliphatic rings. The van der Waals surface area contributed by atoms with Gasteiger partial charge in [-0.2, -0.15) is 0 Å². The first-order chi connectivity index (χ1) is 14.3. The molecule has 2 heteroatoms. The van der Waals surface area contributed by atoms with Gasteiger partial charge in [0, 0.05) is 24.5 Å². The van der Waals surface area contributed by atoms with E-state index < -0.39 is 0 Å². The molecular weight excluding hydrogens is 352 g/mol. The van der Waals surface area contributed by atoms with Crippen molar-refractivity contribution in [3.05, 3.63) is 71.8 Å². The summed E-state index contributed by atoms with van der Waals surface area (Å²) in [6.45, 7) is 1.03. The van der Waals surface area contributed by atoms with E-state index in [2.05, 4.69) is 66.0 Å². The zero-order valence-corrected chi connectivity index (χ0v) is 17.8. The molecule has 0 radical (unpaired) electrons. The minimum atomic E-state index is 0.432. The minimum absolute atomic E-state index is 0.432. The molecule has 2 fully saturated rings. The fraction of sp³-hybridized carbons (Fsp3) is 0.556. The van der Waals surface area contributed by atoms with E-state index in [4.69, 9.17) is 5.73 Å². The second-order valence-electron chi connectivity index (χ2n) is 9.52. The summed E-state index contributed by atoms with van der Waals surface area (Å²) in [5, 5.41) is 3.93. The van der Waals surface area contributed by atoms with Crippen LogP contribution in [-0.4, -0.2) is 18.6 Å². The lowest BCUT2D eigenvalue weighted by molar-refractivity contribution is 0.215. The van der Waals surface area contributed by atoms with Gasteiger partial charge in [0.1, 0.15) is 0 Å². The summed E-state index contributed by atoms with van der Waals surface area (Å²) in [6.07, 6.45) is 12.2. The Bertz CT molecular complexity index is 658. The van der Waals surface area contributed by atoms with Crippen LogP contribution in [0.4, 0.5) is 0 Å². The van der Waals surface area contributed by atoms with Gasteiger partial charge in [-0.05, 0) is 80.8 Å². The van der Waals surface area contributed by atoms with E-state index in [1.807, 2.05) is 0 Å². The van der Waals surface area contributed by atoms with Gasteiger partial charge in [-0.3, -0.25) is 0 Å². The SMILES string of the molecule is NC1CCC(CC2CCC(NCC(c3ccccc3)c3ccccc3)CC2)CC1. The Labute approximate surface area is 177 Å². The van der Waals surface area contributed by atoms with Crippen LogP contribution in [0.5, 0.6) is 0 Å². The normalized spacial score (nSPS) is 27.8. The molecule has 2 aliphatic carbocycles. The molecule has 0 bridgehead atoms. The molecule has 0 saturated heterocycles. The average Bonchev–Trinajstić information content (AvgIpc) is 2.78. The molecule has 0 aromatic heterocycles. The lowest BCUT2D eigenvalue weighted by Gasteiger charge is -2.34. The molecule has 0 spiro atoms. The molecule has 4 rings (SSSR count). The van der Waals surface area contributed by atoms with Crippen molar-refractivity contribution < 1.29 is 0 Å². The average molecular weight is 391 g/mol. The molecule has 0 aliphatic heterocycles. The Morgan fingerprint density at radius 3 is 1.69 bits per heavy atom. The first-order valence-electron chi connectivity index (χ1n) is 11.9. The summed E-state index contributed by atoms with van der Waals surface area (Å²) in [4.78, 5) is 0. The first kappa shape index (κ1) is 20.6. The number of hydrogen-bond donors (Lipinski definition) is 2. The summed E-state index contributed by atoms with van der Waals surface area (Å²) < 4.78 is 0. The van der Waals surface area contributed by atoms with Crippen LogP contribution < -0.4 is 11.1 Å². The van der Waals surface area contributed by atoms with Gasteiger partial charge in [-0.25, -0.2) is 0 Å². The summed E-state index contributed by atoms with van der Waals surface area (Å²) in [5.41, 5.74) is 8.91. The number of hydrogen-bond acceptors (Lipinski definition) is 2. The van der Waals surface area contributed by atoms with Crippen molar-refractivity contribution >= 4 is 0 Å². The number of benzene rings is 2. The third kappa shape index (κ3) is 5.93. The van der Waals surface area contributed by atoms with Crippen LogP contribution in [0.1, 0.15) is 74.8 Å². The topological polar surface area (TPSA) is 38.0 Å². The van der Waals surface area contributed by atoms with Crippen LogP contribution in [0.25, 0.3) is 0 Å². The van der Waals surface area contributed by atoms with E-state index in [1.165, 1.54) is 68.9 Å². The van der Waals surface area contributed by atoms with Crippen molar-refractivity contribution in [1.82, 2.24) is 5.32 Å². The monoisotopic (exact) mass is 390 g/mol. The van der Waals surface area contributed by atoms with Gasteiger partial charge < -0.3 is 11.1 Å². The first-order valence-corrected chi connectivity index (χ1v) is 11.9. The summed E-state index contributed by atoms with van der Waals surface area (Å²) in [6, 6.07) is 23.1. The van der Waals surface area contributed by atoms with Crippen LogP contribution in [0.15, 0.2) is 60.7 Å². The van der Waals surface area contributed by atoms with E-state index in [9.17, 15) is 0 Å². The Kier molecular flexibility index (Phi) is 7.40. The fourth-order valence-electron chi connectivity index (χ4n) is 5.58. The van der Waals surface area contributed by atoms with E-state index in [-0.39, 0.29) is 0 Å². The summed E-state index contributed by atoms with van der Waals surface area (Å²) >= 11 is 0. The lowest BCUT2D eigenvalue weighted by atomic mass is 9.76. The summed E-state index contributed by atoms with van der Waals surface area (Å²) in [5.74, 6) is 2.33. The van der Waals surface area contributed by atoms with Crippen molar-refractivity contribution in [3.8, 4) is 0 Å². The second-order valence-corrected chi connectivity index (χ2v) is 9.52. The van der Waals surface area contributed by atoms with Gasteiger partial charge in [0.15, 0.2) is 0 Å². The molecule has 2 aromatic rings. The largest absolute Gasteiger partial charge is 0.328 e. The zero-order valence-electron chi connectivity index (χ0n) is 17.8. The maximum absolute atomic E-state index is 6.08. The minimum Gasteiger partial charge on any atom is -0.328 e. The smallest absolute Gasteiger partial charge is 0.0214 e. The predicted octanol–water partition coefficient (Wildman–Crippen LogP) is 5.87. The molecule has 2 nitrogen and oxygen atoms in total. The summed E-state index contributed by atoms with van der Waals surface area (Å²) in [7, 11) is 0. The van der Waals surface area contributed by atoms with Crippen molar-refractivity contribution in [2.24, 2.45) is 17.6 Å². The molecule has 0 amide bonds. The van der Waals surface area contributed by atoms with Gasteiger partial charge in [0.25, 0.3) is 0 Å². The molecular formula is C27H38N2. The molecule has 29 heavy (non-hydrogen) atoms. The third-order valence-electron chi connectivity index (χ3n) is 7.42. The molecule has 156 valence electrons. The highest BCUT2D eigenvalue weighted by Gasteiger charge is 2.26. The van der Waals surface area contributed by atoms with Crippen LogP contribution in [0.2, 0.25) is 0 Å². The van der Waals surface area contributed by atoms with Gasteiger partial charge in [-0.15, -0.1) is 0 Å². The lowest BCUT2D eigenvalue weighted by Crippen LogP contribution is -2.36. The van der Waals surface area contributed by atoms with Gasteiger partial charge in [-0.1, -0.05) is 60.7 Å². The van der Waals surface area contributed by atoms with Crippen LogP contribution in [-0.2, 0) is 0 Å².